The molecular weight excluding hydrogens is 480 g/mol. The second-order valence-corrected chi connectivity index (χ2v) is 10.2. The number of aromatic nitrogens is 4. The second-order valence-electron chi connectivity index (χ2n) is 10.2. The summed E-state index contributed by atoms with van der Waals surface area (Å²) < 4.78 is 11.4. The van der Waals surface area contributed by atoms with Crippen LogP contribution in [0.25, 0.3) is 55.3 Å². The van der Waals surface area contributed by atoms with E-state index in [1.165, 1.54) is 5.56 Å². The van der Waals surface area contributed by atoms with Crippen molar-refractivity contribution in [3.05, 3.63) is 127 Å². The number of para-hydroxylation sites is 3. The number of pyridine rings is 2. The van der Waals surface area contributed by atoms with Gasteiger partial charge in [-0.25, -0.2) is 0 Å². The van der Waals surface area contributed by atoms with Crippen LogP contribution in [0.3, 0.4) is 0 Å². The molecule has 7 aromatic rings. The summed E-state index contributed by atoms with van der Waals surface area (Å²) in [6.45, 7) is 0. The zero-order chi connectivity index (χ0) is 25.5. The zero-order valence-electron chi connectivity index (χ0n) is 20.9. The van der Waals surface area contributed by atoms with Crippen LogP contribution in [-0.2, 0) is 0 Å². The van der Waals surface area contributed by atoms with Gasteiger partial charge in [-0.1, -0.05) is 54.6 Å². The third kappa shape index (κ3) is 2.79. The summed E-state index contributed by atoms with van der Waals surface area (Å²) in [7, 11) is 0. The smallest absolute Gasteiger partial charge is 0.149 e. The number of benzene rings is 3. The standard InChI is InChI=1S/C34H22N4O/c1-4-12-26-23(10-1)32-28(14-7-17-35-32)37(26)21-19-25-22-9-3-6-16-31(22)39-34(25)30(20-21)38-27-13-5-2-11-24(27)33-29(38)15-8-18-36-33/h1-20,25,34H. The summed E-state index contributed by atoms with van der Waals surface area (Å²) in [5, 5.41) is 2.29. The Morgan fingerprint density at radius 3 is 1.92 bits per heavy atom. The highest BCUT2D eigenvalue weighted by Gasteiger charge is 2.40. The molecule has 0 saturated heterocycles. The van der Waals surface area contributed by atoms with Gasteiger partial charge in [0.2, 0.25) is 0 Å². The van der Waals surface area contributed by atoms with E-state index >= 15 is 0 Å². The van der Waals surface area contributed by atoms with Gasteiger partial charge in [-0.05, 0) is 54.6 Å². The van der Waals surface area contributed by atoms with E-state index in [0.717, 1.165) is 61.0 Å². The normalized spacial score (nSPS) is 18.3. The lowest BCUT2D eigenvalue weighted by molar-refractivity contribution is 0.272. The van der Waals surface area contributed by atoms with Crippen LogP contribution in [0.5, 0.6) is 5.75 Å². The number of allylic oxidation sites excluding steroid dienone is 2. The first-order chi connectivity index (χ1) is 19.4. The first kappa shape index (κ1) is 20.8. The monoisotopic (exact) mass is 502 g/mol. The molecule has 5 nitrogen and oxygen atoms in total. The lowest BCUT2D eigenvalue weighted by Crippen LogP contribution is -2.26. The minimum absolute atomic E-state index is 0.0666. The molecule has 0 amide bonds. The molecule has 0 radical (unpaired) electrons. The summed E-state index contributed by atoms with van der Waals surface area (Å²) >= 11 is 0. The maximum absolute atomic E-state index is 6.71. The minimum atomic E-state index is -0.156. The van der Waals surface area contributed by atoms with E-state index in [1.807, 2.05) is 30.6 Å². The molecular formula is C34H22N4O. The van der Waals surface area contributed by atoms with Gasteiger partial charge in [0.05, 0.1) is 44.7 Å². The molecule has 0 spiro atoms. The van der Waals surface area contributed by atoms with Crippen LogP contribution < -0.4 is 4.74 Å². The fourth-order valence-corrected chi connectivity index (χ4v) is 6.58. The van der Waals surface area contributed by atoms with E-state index in [1.54, 1.807) is 0 Å². The Labute approximate surface area is 223 Å². The minimum Gasteiger partial charge on any atom is -0.483 e. The third-order valence-corrected chi connectivity index (χ3v) is 8.17. The van der Waals surface area contributed by atoms with Crippen molar-refractivity contribution >= 4 is 55.3 Å². The molecule has 5 heteroatoms. The molecule has 0 fully saturated rings. The van der Waals surface area contributed by atoms with Gasteiger partial charge in [0.1, 0.15) is 11.9 Å². The molecule has 0 N–H and O–H groups in total. The molecule has 9 rings (SSSR count). The van der Waals surface area contributed by atoms with Gasteiger partial charge in [-0.2, -0.15) is 0 Å². The number of rotatable bonds is 2. The molecule has 184 valence electrons. The van der Waals surface area contributed by atoms with Gasteiger partial charge in [0, 0.05) is 34.4 Å². The lowest BCUT2D eigenvalue weighted by Gasteiger charge is -2.28. The van der Waals surface area contributed by atoms with Gasteiger partial charge in [-0.3, -0.25) is 9.97 Å². The summed E-state index contributed by atoms with van der Waals surface area (Å²) in [6.07, 6.45) is 8.25. The summed E-state index contributed by atoms with van der Waals surface area (Å²) in [5.41, 5.74) is 9.87. The molecule has 0 saturated carbocycles. The third-order valence-electron chi connectivity index (χ3n) is 8.17. The van der Waals surface area contributed by atoms with Crippen LogP contribution in [0.2, 0.25) is 0 Å². The van der Waals surface area contributed by atoms with Crippen molar-refractivity contribution in [2.24, 2.45) is 0 Å². The van der Waals surface area contributed by atoms with E-state index in [4.69, 9.17) is 14.7 Å². The SMILES string of the molecule is C1=C(n2c3ccccc3c3ncccc32)C=C(n2c3ccccc3c3ncccc32)C2Oc3ccccc3C12. The van der Waals surface area contributed by atoms with Crippen LogP contribution in [0.1, 0.15) is 11.5 Å². The number of nitrogens with zero attached hydrogens (tertiary/aromatic N) is 4. The van der Waals surface area contributed by atoms with Gasteiger partial charge in [-0.15, -0.1) is 0 Å². The van der Waals surface area contributed by atoms with Crippen molar-refractivity contribution in [1.82, 2.24) is 19.1 Å². The molecule has 2 atom stereocenters. The number of ether oxygens (including phenoxy) is 1. The first-order valence-electron chi connectivity index (χ1n) is 13.2. The van der Waals surface area contributed by atoms with Crippen molar-refractivity contribution in [1.29, 1.82) is 0 Å². The largest absolute Gasteiger partial charge is 0.483 e. The molecule has 39 heavy (non-hydrogen) atoms. The highest BCUT2D eigenvalue weighted by Crippen LogP contribution is 2.48. The lowest BCUT2D eigenvalue weighted by atomic mass is 9.88. The van der Waals surface area contributed by atoms with Crippen LogP contribution in [0.4, 0.5) is 0 Å². The molecule has 1 aliphatic heterocycles. The zero-order valence-corrected chi connectivity index (χ0v) is 20.9. The number of hydrogen-bond donors (Lipinski definition) is 0. The predicted octanol–water partition coefficient (Wildman–Crippen LogP) is 7.63. The number of fused-ring (bicyclic) bond motifs is 9. The number of hydrogen-bond acceptors (Lipinski definition) is 3. The highest BCUT2D eigenvalue weighted by atomic mass is 16.5. The Bertz CT molecular complexity index is 2070. The fraction of sp³-hybridized carbons (Fsp3) is 0.0588. The Balaban J connectivity index is 1.39. The summed E-state index contributed by atoms with van der Waals surface area (Å²) in [5.74, 6) is 1.01. The average Bonchev–Trinajstić information content (AvgIpc) is 3.65. The van der Waals surface area contributed by atoms with Gasteiger partial charge in [0.25, 0.3) is 0 Å². The predicted molar refractivity (Wildman–Crippen MR) is 157 cm³/mol. The molecule has 2 unspecified atom stereocenters. The van der Waals surface area contributed by atoms with Crippen molar-refractivity contribution in [2.75, 3.05) is 0 Å². The van der Waals surface area contributed by atoms with Crippen LogP contribution in [-0.4, -0.2) is 25.2 Å². The first-order valence-corrected chi connectivity index (χ1v) is 13.2. The molecule has 2 aliphatic rings. The topological polar surface area (TPSA) is 44.9 Å². The van der Waals surface area contributed by atoms with Gasteiger partial charge in [0.15, 0.2) is 0 Å². The van der Waals surface area contributed by atoms with E-state index in [9.17, 15) is 0 Å². The molecule has 4 aromatic heterocycles. The second kappa shape index (κ2) is 7.68. The van der Waals surface area contributed by atoms with Crippen LogP contribution >= 0.6 is 0 Å². The van der Waals surface area contributed by atoms with Crippen molar-refractivity contribution in [2.45, 2.75) is 12.0 Å². The van der Waals surface area contributed by atoms with E-state index in [0.29, 0.717) is 0 Å². The molecule has 3 aromatic carbocycles. The van der Waals surface area contributed by atoms with Crippen LogP contribution in [0.15, 0.2) is 122 Å². The van der Waals surface area contributed by atoms with Crippen molar-refractivity contribution < 1.29 is 4.74 Å². The van der Waals surface area contributed by atoms with Gasteiger partial charge < -0.3 is 13.9 Å². The highest BCUT2D eigenvalue weighted by molar-refractivity contribution is 6.10. The molecule has 0 bridgehead atoms. The van der Waals surface area contributed by atoms with E-state index in [-0.39, 0.29) is 12.0 Å². The summed E-state index contributed by atoms with van der Waals surface area (Å²) in [4.78, 5) is 9.55. The Hall–Kier alpha value is -5.16. The van der Waals surface area contributed by atoms with Gasteiger partial charge >= 0.3 is 0 Å². The van der Waals surface area contributed by atoms with Crippen LogP contribution in [0, 0.1) is 0 Å². The molecule has 5 heterocycles. The fourth-order valence-electron chi connectivity index (χ4n) is 6.58. The average molecular weight is 503 g/mol. The Kier molecular flexibility index (Phi) is 4.11. The van der Waals surface area contributed by atoms with Crippen molar-refractivity contribution in [3.63, 3.8) is 0 Å². The summed E-state index contributed by atoms with van der Waals surface area (Å²) in [6, 6.07) is 33.8. The molecule has 1 aliphatic carbocycles. The van der Waals surface area contributed by atoms with E-state index in [2.05, 4.69) is 100 Å². The van der Waals surface area contributed by atoms with Crippen molar-refractivity contribution in [3.8, 4) is 5.75 Å². The van der Waals surface area contributed by atoms with E-state index < -0.39 is 0 Å². The Morgan fingerprint density at radius 1 is 0.590 bits per heavy atom. The maximum Gasteiger partial charge on any atom is 0.149 e. The maximum atomic E-state index is 6.71. The quantitative estimate of drug-likeness (QED) is 0.244. The Morgan fingerprint density at radius 2 is 1.18 bits per heavy atom.